The average Bonchev–Trinajstić information content (AvgIpc) is 3.34. The number of hydrogen-bond acceptors (Lipinski definition) is 5. The van der Waals surface area contributed by atoms with Crippen molar-refractivity contribution in [3.8, 4) is 11.5 Å². The molecule has 5 rings (SSSR count). The van der Waals surface area contributed by atoms with Crippen molar-refractivity contribution in [2.45, 2.75) is 19.3 Å². The number of aromatic nitrogens is 5. The molecule has 0 N–H and O–H groups in total. The molecule has 3 aromatic heterocycles. The summed E-state index contributed by atoms with van der Waals surface area (Å²) in [6.07, 6.45) is 2.74. The largest absolute Gasteiger partial charge is 0.355 e. The SMILES string of the molecule is Cc1nn(C)c2nc(-c3ccccn3)nc(N3CC[C@H](c4ccc(F)cc4)C3)c12. The highest BCUT2D eigenvalue weighted by molar-refractivity contribution is 5.91. The molecule has 1 aliphatic heterocycles. The quantitative estimate of drug-likeness (QED) is 0.533. The first-order valence-corrected chi connectivity index (χ1v) is 9.73. The Balaban J connectivity index is 1.58. The van der Waals surface area contributed by atoms with Gasteiger partial charge in [0.1, 0.15) is 17.3 Å². The minimum Gasteiger partial charge on any atom is -0.355 e. The molecule has 0 unspecified atom stereocenters. The molecular formula is C22H21FN6. The van der Waals surface area contributed by atoms with Crippen molar-refractivity contribution >= 4 is 16.9 Å². The Kier molecular flexibility index (Phi) is 4.23. The van der Waals surface area contributed by atoms with Gasteiger partial charge in [0.25, 0.3) is 0 Å². The molecule has 146 valence electrons. The van der Waals surface area contributed by atoms with Crippen LogP contribution >= 0.6 is 0 Å². The number of nitrogens with zero attached hydrogens (tertiary/aromatic N) is 6. The molecule has 1 aromatic carbocycles. The Labute approximate surface area is 168 Å². The summed E-state index contributed by atoms with van der Waals surface area (Å²) in [5.74, 6) is 1.63. The smallest absolute Gasteiger partial charge is 0.182 e. The molecule has 7 heteroatoms. The van der Waals surface area contributed by atoms with Crippen LogP contribution in [0.1, 0.15) is 23.6 Å². The van der Waals surface area contributed by atoms with E-state index < -0.39 is 0 Å². The third-order valence-corrected chi connectivity index (χ3v) is 5.56. The Bertz CT molecular complexity index is 1170. The van der Waals surface area contributed by atoms with Gasteiger partial charge in [0, 0.05) is 32.3 Å². The van der Waals surface area contributed by atoms with Gasteiger partial charge in [-0.25, -0.2) is 14.4 Å². The second kappa shape index (κ2) is 6.92. The normalized spacial score (nSPS) is 16.7. The number of anilines is 1. The molecule has 1 aliphatic rings. The van der Waals surface area contributed by atoms with Crippen LogP contribution in [0.2, 0.25) is 0 Å². The van der Waals surface area contributed by atoms with E-state index in [2.05, 4.69) is 15.0 Å². The van der Waals surface area contributed by atoms with Crippen molar-refractivity contribution in [2.24, 2.45) is 7.05 Å². The van der Waals surface area contributed by atoms with Crippen LogP contribution in [-0.2, 0) is 7.05 Å². The Morgan fingerprint density at radius 2 is 1.90 bits per heavy atom. The van der Waals surface area contributed by atoms with Crippen molar-refractivity contribution in [1.29, 1.82) is 0 Å². The van der Waals surface area contributed by atoms with E-state index in [9.17, 15) is 4.39 Å². The summed E-state index contributed by atoms with van der Waals surface area (Å²) in [5.41, 5.74) is 3.62. The number of aryl methyl sites for hydroxylation is 2. The lowest BCUT2D eigenvalue weighted by molar-refractivity contribution is 0.625. The lowest BCUT2D eigenvalue weighted by Gasteiger charge is -2.19. The predicted molar refractivity (Wildman–Crippen MR) is 110 cm³/mol. The number of hydrogen-bond donors (Lipinski definition) is 0. The predicted octanol–water partition coefficient (Wildman–Crippen LogP) is 3.87. The number of rotatable bonds is 3. The molecule has 1 fully saturated rings. The third kappa shape index (κ3) is 3.12. The fourth-order valence-corrected chi connectivity index (χ4v) is 4.12. The summed E-state index contributed by atoms with van der Waals surface area (Å²) < 4.78 is 15.1. The van der Waals surface area contributed by atoms with Crippen molar-refractivity contribution in [1.82, 2.24) is 24.7 Å². The van der Waals surface area contributed by atoms with Gasteiger partial charge >= 0.3 is 0 Å². The number of pyridine rings is 1. The highest BCUT2D eigenvalue weighted by Crippen LogP contribution is 2.35. The number of fused-ring (bicyclic) bond motifs is 1. The van der Waals surface area contributed by atoms with E-state index in [0.29, 0.717) is 11.7 Å². The maximum atomic E-state index is 13.3. The molecular weight excluding hydrogens is 367 g/mol. The third-order valence-electron chi connectivity index (χ3n) is 5.56. The van der Waals surface area contributed by atoms with Crippen LogP contribution in [0.4, 0.5) is 10.2 Å². The fraction of sp³-hybridized carbons (Fsp3) is 0.273. The average molecular weight is 388 g/mol. The Morgan fingerprint density at radius 3 is 2.66 bits per heavy atom. The van der Waals surface area contributed by atoms with Crippen molar-refractivity contribution in [3.05, 3.63) is 65.7 Å². The summed E-state index contributed by atoms with van der Waals surface area (Å²) in [6, 6.07) is 12.6. The zero-order chi connectivity index (χ0) is 20.0. The van der Waals surface area contributed by atoms with Crippen LogP contribution in [-0.4, -0.2) is 37.8 Å². The maximum Gasteiger partial charge on any atom is 0.182 e. The maximum absolute atomic E-state index is 13.3. The Hall–Kier alpha value is -3.35. The molecule has 0 amide bonds. The molecule has 1 atom stereocenters. The summed E-state index contributed by atoms with van der Waals surface area (Å²) >= 11 is 0. The molecule has 4 heterocycles. The Morgan fingerprint density at radius 1 is 1.07 bits per heavy atom. The summed E-state index contributed by atoms with van der Waals surface area (Å²) in [7, 11) is 1.90. The number of benzene rings is 1. The monoisotopic (exact) mass is 388 g/mol. The van der Waals surface area contributed by atoms with Crippen molar-refractivity contribution < 1.29 is 4.39 Å². The van der Waals surface area contributed by atoms with E-state index in [0.717, 1.165) is 53.3 Å². The molecule has 0 aliphatic carbocycles. The highest BCUT2D eigenvalue weighted by Gasteiger charge is 2.28. The zero-order valence-corrected chi connectivity index (χ0v) is 16.4. The first kappa shape index (κ1) is 17.7. The number of halogens is 1. The van der Waals surface area contributed by atoms with Gasteiger partial charge in [-0.1, -0.05) is 18.2 Å². The molecule has 4 aromatic rings. The standard InChI is InChI=1S/C22H21FN6/c1-14-19-21(28(2)27-14)25-20(18-5-3-4-11-24-18)26-22(19)29-12-10-16(13-29)15-6-8-17(23)9-7-15/h3-9,11,16H,10,12-13H2,1-2H3/t16-/m0/s1. The first-order chi connectivity index (χ1) is 14.1. The van der Waals surface area contributed by atoms with Crippen LogP contribution in [0.5, 0.6) is 0 Å². The van der Waals surface area contributed by atoms with Crippen LogP contribution in [0.25, 0.3) is 22.6 Å². The first-order valence-electron chi connectivity index (χ1n) is 9.73. The molecule has 1 saturated heterocycles. The van der Waals surface area contributed by atoms with Crippen molar-refractivity contribution in [3.63, 3.8) is 0 Å². The molecule has 0 bridgehead atoms. The zero-order valence-electron chi connectivity index (χ0n) is 16.4. The van der Waals surface area contributed by atoms with E-state index in [1.54, 1.807) is 10.9 Å². The second-order valence-electron chi connectivity index (χ2n) is 7.48. The lowest BCUT2D eigenvalue weighted by Crippen LogP contribution is -2.21. The van der Waals surface area contributed by atoms with Gasteiger partial charge in [0.15, 0.2) is 11.5 Å². The van der Waals surface area contributed by atoms with Gasteiger partial charge < -0.3 is 4.90 Å². The van der Waals surface area contributed by atoms with Gasteiger partial charge in [-0.2, -0.15) is 5.10 Å². The second-order valence-corrected chi connectivity index (χ2v) is 7.48. The van der Waals surface area contributed by atoms with Crippen LogP contribution < -0.4 is 4.90 Å². The van der Waals surface area contributed by atoms with Crippen molar-refractivity contribution in [2.75, 3.05) is 18.0 Å². The van der Waals surface area contributed by atoms with Gasteiger partial charge in [-0.15, -0.1) is 0 Å². The summed E-state index contributed by atoms with van der Waals surface area (Å²) in [4.78, 5) is 16.4. The molecule has 6 nitrogen and oxygen atoms in total. The van der Waals surface area contributed by atoms with Gasteiger partial charge in [-0.05, 0) is 43.2 Å². The molecule has 0 saturated carbocycles. The van der Waals surface area contributed by atoms with E-state index >= 15 is 0 Å². The van der Waals surface area contributed by atoms with Crippen LogP contribution in [0.15, 0.2) is 48.7 Å². The lowest BCUT2D eigenvalue weighted by atomic mass is 9.99. The van der Waals surface area contributed by atoms with Gasteiger partial charge in [0.2, 0.25) is 0 Å². The highest BCUT2D eigenvalue weighted by atomic mass is 19.1. The molecule has 0 spiro atoms. The van der Waals surface area contributed by atoms with E-state index in [1.807, 2.05) is 44.3 Å². The topological polar surface area (TPSA) is 59.7 Å². The van der Waals surface area contributed by atoms with Crippen LogP contribution in [0.3, 0.4) is 0 Å². The van der Waals surface area contributed by atoms with Crippen LogP contribution in [0, 0.1) is 12.7 Å². The summed E-state index contributed by atoms with van der Waals surface area (Å²) in [6.45, 7) is 3.70. The fourth-order valence-electron chi connectivity index (χ4n) is 4.12. The summed E-state index contributed by atoms with van der Waals surface area (Å²) in [5, 5.41) is 5.55. The minimum atomic E-state index is -0.202. The van der Waals surface area contributed by atoms with Gasteiger partial charge in [-0.3, -0.25) is 9.67 Å². The molecule has 0 radical (unpaired) electrons. The molecule has 29 heavy (non-hydrogen) atoms. The van der Waals surface area contributed by atoms with E-state index in [1.165, 1.54) is 12.1 Å². The minimum absolute atomic E-state index is 0.202. The van der Waals surface area contributed by atoms with E-state index in [4.69, 9.17) is 9.97 Å². The van der Waals surface area contributed by atoms with E-state index in [-0.39, 0.29) is 5.82 Å². The van der Waals surface area contributed by atoms with Gasteiger partial charge in [0.05, 0.1) is 11.1 Å².